The quantitative estimate of drug-likeness (QED) is 0.479. The predicted molar refractivity (Wildman–Crippen MR) is 67.0 cm³/mol. The van der Waals surface area contributed by atoms with E-state index in [1.54, 1.807) is 0 Å². The smallest absolute Gasteiger partial charge is 0.320 e. The van der Waals surface area contributed by atoms with Crippen molar-refractivity contribution in [2.45, 2.75) is 45.1 Å². The number of aliphatic carboxylic acids is 3. The van der Waals surface area contributed by atoms with Crippen LogP contribution in [-0.2, 0) is 14.4 Å². The van der Waals surface area contributed by atoms with Gasteiger partial charge in [-0.1, -0.05) is 32.6 Å². The maximum absolute atomic E-state index is 11.1. The lowest BCUT2D eigenvalue weighted by Gasteiger charge is -2.25. The number of rotatable bonds is 11. The van der Waals surface area contributed by atoms with Gasteiger partial charge >= 0.3 is 17.9 Å². The normalized spacial score (nSPS) is 12.3. The lowest BCUT2D eigenvalue weighted by Crippen LogP contribution is -2.46. The Morgan fingerprint density at radius 3 is 1.84 bits per heavy atom. The van der Waals surface area contributed by atoms with E-state index in [9.17, 15) is 14.4 Å². The Kier molecular flexibility index (Phi) is 8.52. The van der Waals surface area contributed by atoms with Gasteiger partial charge in [0.05, 0.1) is 13.1 Å². The number of carboxylic acids is 3. The zero-order valence-electron chi connectivity index (χ0n) is 11.0. The lowest BCUT2D eigenvalue weighted by atomic mass is 10.1. The largest absolute Gasteiger partial charge is 0.480 e. The van der Waals surface area contributed by atoms with Gasteiger partial charge in [-0.2, -0.15) is 0 Å². The molecular formula is C12H21NO6. The molecule has 0 aliphatic carbocycles. The molecule has 0 fully saturated rings. The summed E-state index contributed by atoms with van der Waals surface area (Å²) in [5, 5.41) is 26.5. The van der Waals surface area contributed by atoms with Gasteiger partial charge in [-0.15, -0.1) is 0 Å². The first-order valence-corrected chi connectivity index (χ1v) is 6.28. The molecule has 0 heterocycles. The fraction of sp³-hybridized carbons (Fsp3) is 0.750. The molecule has 0 aromatic heterocycles. The number of unbranched alkanes of at least 4 members (excludes halogenated alkanes) is 3. The van der Waals surface area contributed by atoms with Crippen LogP contribution in [0.5, 0.6) is 0 Å². The zero-order chi connectivity index (χ0) is 14.8. The molecule has 0 aliphatic heterocycles. The van der Waals surface area contributed by atoms with Gasteiger partial charge in [0.25, 0.3) is 0 Å². The van der Waals surface area contributed by atoms with Crippen molar-refractivity contribution in [2.24, 2.45) is 0 Å². The maximum Gasteiger partial charge on any atom is 0.320 e. The second-order valence-electron chi connectivity index (χ2n) is 4.40. The fourth-order valence-corrected chi connectivity index (χ4v) is 1.85. The van der Waals surface area contributed by atoms with Gasteiger partial charge in [-0.05, 0) is 6.42 Å². The van der Waals surface area contributed by atoms with Crippen LogP contribution < -0.4 is 0 Å². The van der Waals surface area contributed by atoms with Gasteiger partial charge < -0.3 is 15.3 Å². The van der Waals surface area contributed by atoms with E-state index in [0.717, 1.165) is 24.2 Å². The van der Waals surface area contributed by atoms with Crippen LogP contribution >= 0.6 is 0 Å². The molecule has 19 heavy (non-hydrogen) atoms. The maximum atomic E-state index is 11.1. The fourth-order valence-electron chi connectivity index (χ4n) is 1.85. The first-order chi connectivity index (χ1) is 8.88. The lowest BCUT2D eigenvalue weighted by molar-refractivity contribution is -0.149. The SMILES string of the molecule is CCCCCCC(C(=O)O)N(CC(=O)O)CC(=O)O. The molecule has 0 radical (unpaired) electrons. The second kappa shape index (κ2) is 9.32. The van der Waals surface area contributed by atoms with Crippen LogP contribution in [0.3, 0.4) is 0 Å². The Bertz CT molecular complexity index is 301. The van der Waals surface area contributed by atoms with E-state index in [-0.39, 0.29) is 6.42 Å². The van der Waals surface area contributed by atoms with E-state index >= 15 is 0 Å². The van der Waals surface area contributed by atoms with Gasteiger partial charge in [-0.3, -0.25) is 19.3 Å². The minimum atomic E-state index is -1.24. The monoisotopic (exact) mass is 275 g/mol. The molecule has 0 saturated heterocycles. The molecule has 7 heteroatoms. The van der Waals surface area contributed by atoms with Crippen molar-refractivity contribution in [1.29, 1.82) is 0 Å². The van der Waals surface area contributed by atoms with Gasteiger partial charge in [0.2, 0.25) is 0 Å². The topological polar surface area (TPSA) is 115 Å². The minimum absolute atomic E-state index is 0.260. The van der Waals surface area contributed by atoms with Crippen molar-refractivity contribution in [1.82, 2.24) is 4.90 Å². The van der Waals surface area contributed by atoms with Crippen molar-refractivity contribution in [3.05, 3.63) is 0 Å². The molecule has 0 aliphatic rings. The van der Waals surface area contributed by atoms with Crippen molar-refractivity contribution in [3.8, 4) is 0 Å². The molecular weight excluding hydrogens is 254 g/mol. The summed E-state index contributed by atoms with van der Waals surface area (Å²) in [7, 11) is 0. The number of hydrogen-bond acceptors (Lipinski definition) is 4. The molecule has 0 aromatic carbocycles. The molecule has 0 bridgehead atoms. The first kappa shape index (κ1) is 17.4. The Labute approximate surface area is 111 Å². The van der Waals surface area contributed by atoms with Crippen molar-refractivity contribution in [2.75, 3.05) is 13.1 Å². The van der Waals surface area contributed by atoms with Gasteiger partial charge in [-0.25, -0.2) is 0 Å². The molecule has 1 unspecified atom stereocenters. The summed E-state index contributed by atoms with van der Waals surface area (Å²) in [6.07, 6.45) is 3.74. The number of hydrogen-bond donors (Lipinski definition) is 3. The van der Waals surface area contributed by atoms with Crippen LogP contribution in [0, 0.1) is 0 Å². The highest BCUT2D eigenvalue weighted by molar-refractivity contribution is 5.78. The number of nitrogens with zero attached hydrogens (tertiary/aromatic N) is 1. The molecule has 3 N–H and O–H groups in total. The van der Waals surface area contributed by atoms with Gasteiger partial charge in [0.15, 0.2) is 0 Å². The third-order valence-corrected chi connectivity index (χ3v) is 2.73. The molecule has 110 valence electrons. The van der Waals surface area contributed by atoms with Gasteiger partial charge in [0, 0.05) is 0 Å². The predicted octanol–water partition coefficient (Wildman–Crippen LogP) is 0.881. The summed E-state index contributed by atoms with van der Waals surface area (Å²) in [5.74, 6) is -3.65. The molecule has 0 saturated carbocycles. The highest BCUT2D eigenvalue weighted by Crippen LogP contribution is 2.11. The average molecular weight is 275 g/mol. The summed E-state index contributed by atoms with van der Waals surface area (Å²) in [6.45, 7) is 0.851. The van der Waals surface area contributed by atoms with Crippen LogP contribution in [0.1, 0.15) is 39.0 Å². The van der Waals surface area contributed by atoms with Crippen molar-refractivity contribution < 1.29 is 29.7 Å². The standard InChI is InChI=1S/C12H21NO6/c1-2-3-4-5-6-9(12(18)19)13(7-10(14)15)8-11(16)17/h9H,2-8H2,1H3,(H,14,15)(H,16,17)(H,18,19). The van der Waals surface area contributed by atoms with Crippen LogP contribution in [0.4, 0.5) is 0 Å². The van der Waals surface area contributed by atoms with E-state index in [4.69, 9.17) is 15.3 Å². The molecule has 0 rings (SSSR count). The summed E-state index contributed by atoms with van der Waals surface area (Å²) < 4.78 is 0. The van der Waals surface area contributed by atoms with Crippen molar-refractivity contribution >= 4 is 17.9 Å². The van der Waals surface area contributed by atoms with Crippen LogP contribution in [0.15, 0.2) is 0 Å². The molecule has 0 spiro atoms. The highest BCUT2D eigenvalue weighted by atomic mass is 16.4. The van der Waals surface area contributed by atoms with E-state index in [2.05, 4.69) is 0 Å². The Morgan fingerprint density at radius 1 is 0.947 bits per heavy atom. The van der Waals surface area contributed by atoms with E-state index in [1.807, 2.05) is 6.92 Å². The Balaban J connectivity index is 4.59. The van der Waals surface area contributed by atoms with E-state index in [1.165, 1.54) is 0 Å². The van der Waals surface area contributed by atoms with Crippen molar-refractivity contribution in [3.63, 3.8) is 0 Å². The summed E-state index contributed by atoms with van der Waals surface area (Å²) in [4.78, 5) is 33.4. The molecule has 1 atom stereocenters. The number of carbonyl (C=O) groups is 3. The Morgan fingerprint density at radius 2 is 1.47 bits per heavy atom. The highest BCUT2D eigenvalue weighted by Gasteiger charge is 2.28. The minimum Gasteiger partial charge on any atom is -0.480 e. The van der Waals surface area contributed by atoms with E-state index < -0.39 is 37.0 Å². The average Bonchev–Trinajstić information content (AvgIpc) is 2.26. The third-order valence-electron chi connectivity index (χ3n) is 2.73. The third kappa shape index (κ3) is 8.15. The zero-order valence-corrected chi connectivity index (χ0v) is 11.0. The molecule has 7 nitrogen and oxygen atoms in total. The molecule has 0 amide bonds. The van der Waals surface area contributed by atoms with Crippen LogP contribution in [-0.4, -0.2) is 57.3 Å². The van der Waals surface area contributed by atoms with Crippen LogP contribution in [0.25, 0.3) is 0 Å². The molecule has 0 aromatic rings. The van der Waals surface area contributed by atoms with E-state index in [0.29, 0.717) is 6.42 Å². The summed E-state index contributed by atoms with van der Waals surface area (Å²) in [6, 6.07) is -1.07. The second-order valence-corrected chi connectivity index (χ2v) is 4.40. The van der Waals surface area contributed by atoms with Crippen LogP contribution in [0.2, 0.25) is 0 Å². The Hall–Kier alpha value is -1.63. The number of carboxylic acid groups (broad SMARTS) is 3. The first-order valence-electron chi connectivity index (χ1n) is 6.28. The summed E-state index contributed by atoms with van der Waals surface area (Å²) in [5.41, 5.74) is 0. The van der Waals surface area contributed by atoms with Gasteiger partial charge in [0.1, 0.15) is 6.04 Å². The summed E-state index contributed by atoms with van der Waals surface area (Å²) >= 11 is 0.